The molecule has 8 heteroatoms. The molecule has 1 amide bonds. The molecular formula is C18H15F2N3O3. The zero-order valence-electron chi connectivity index (χ0n) is 13.7. The van der Waals surface area contributed by atoms with Crippen LogP contribution in [-0.2, 0) is 11.3 Å². The standard InChI is InChI=1S/C18H15F2N3O3/c1-10(24)13-3-2-4-15-16(13)26-18(19,20)17(25)23(15)9-12-7-11-8-21-6-5-14(11)22-12/h2-8,10,22,24H,9H2,1H3/t10-/m0/s1. The number of aromatic amines is 1. The van der Waals surface area contributed by atoms with E-state index in [-0.39, 0.29) is 23.5 Å². The molecule has 1 aliphatic heterocycles. The molecule has 0 aliphatic carbocycles. The average Bonchev–Trinajstić information content (AvgIpc) is 3.00. The summed E-state index contributed by atoms with van der Waals surface area (Å²) in [6.07, 6.45) is -1.77. The number of aromatic nitrogens is 2. The Morgan fingerprint density at radius 1 is 1.38 bits per heavy atom. The van der Waals surface area contributed by atoms with E-state index in [2.05, 4.69) is 14.7 Å². The fraction of sp³-hybridized carbons (Fsp3) is 0.222. The van der Waals surface area contributed by atoms with E-state index >= 15 is 0 Å². The van der Waals surface area contributed by atoms with Crippen LogP contribution in [-0.4, -0.2) is 27.1 Å². The molecule has 4 rings (SSSR count). The normalized spacial score (nSPS) is 17.1. The summed E-state index contributed by atoms with van der Waals surface area (Å²) in [5.41, 5.74) is 1.75. The smallest absolute Gasteiger partial charge is 0.423 e. The third-order valence-corrected chi connectivity index (χ3v) is 4.30. The lowest BCUT2D eigenvalue weighted by Crippen LogP contribution is -2.50. The Kier molecular flexibility index (Phi) is 3.66. The lowest BCUT2D eigenvalue weighted by molar-refractivity contribution is -0.193. The molecule has 0 radical (unpaired) electrons. The number of amides is 1. The molecule has 26 heavy (non-hydrogen) atoms. The van der Waals surface area contributed by atoms with Crippen molar-refractivity contribution in [2.24, 2.45) is 0 Å². The number of hydrogen-bond donors (Lipinski definition) is 2. The highest BCUT2D eigenvalue weighted by Gasteiger charge is 2.51. The van der Waals surface area contributed by atoms with Gasteiger partial charge in [-0.25, -0.2) is 0 Å². The van der Waals surface area contributed by atoms with Crippen molar-refractivity contribution in [1.29, 1.82) is 0 Å². The van der Waals surface area contributed by atoms with Crippen molar-refractivity contribution in [2.75, 3.05) is 4.90 Å². The summed E-state index contributed by atoms with van der Waals surface area (Å²) in [5, 5.41) is 10.7. The Bertz CT molecular complexity index is 967. The number of halogens is 2. The van der Waals surface area contributed by atoms with Gasteiger partial charge in [-0.3, -0.25) is 14.7 Å². The fourth-order valence-electron chi connectivity index (χ4n) is 3.08. The zero-order chi connectivity index (χ0) is 18.5. The van der Waals surface area contributed by atoms with Gasteiger partial charge in [-0.1, -0.05) is 12.1 Å². The van der Waals surface area contributed by atoms with E-state index in [4.69, 9.17) is 0 Å². The second kappa shape index (κ2) is 5.77. The third-order valence-electron chi connectivity index (χ3n) is 4.30. The SMILES string of the molecule is C[C@H](O)c1cccc2c1OC(F)(F)C(=O)N2Cc1cc2cnccc2[nH]1. The van der Waals surface area contributed by atoms with E-state index < -0.39 is 18.1 Å². The van der Waals surface area contributed by atoms with E-state index in [1.165, 1.54) is 19.1 Å². The number of nitrogens with zero attached hydrogens (tertiary/aromatic N) is 2. The van der Waals surface area contributed by atoms with E-state index in [0.29, 0.717) is 5.69 Å². The first-order chi connectivity index (χ1) is 12.4. The van der Waals surface area contributed by atoms with Gasteiger partial charge in [-0.2, -0.15) is 8.78 Å². The molecule has 2 aromatic heterocycles. The number of alkyl halides is 2. The van der Waals surface area contributed by atoms with Gasteiger partial charge in [0.05, 0.1) is 18.3 Å². The van der Waals surface area contributed by atoms with Crippen molar-refractivity contribution in [3.63, 3.8) is 0 Å². The molecule has 3 aromatic rings. The molecule has 134 valence electrons. The van der Waals surface area contributed by atoms with Gasteiger partial charge in [-0.15, -0.1) is 0 Å². The second-order valence-corrected chi connectivity index (χ2v) is 6.14. The topological polar surface area (TPSA) is 78.5 Å². The molecule has 0 unspecified atom stereocenters. The van der Waals surface area contributed by atoms with Gasteiger partial charge in [0, 0.05) is 34.6 Å². The quantitative estimate of drug-likeness (QED) is 0.753. The maximum absolute atomic E-state index is 14.2. The van der Waals surface area contributed by atoms with Crippen LogP contribution in [0.25, 0.3) is 10.9 Å². The number of pyridine rings is 1. The number of nitrogens with one attached hydrogen (secondary N) is 1. The summed E-state index contributed by atoms with van der Waals surface area (Å²) in [5.74, 6) is -1.64. The molecule has 3 heterocycles. The Labute approximate surface area is 147 Å². The van der Waals surface area contributed by atoms with Gasteiger partial charge in [0.2, 0.25) is 0 Å². The minimum atomic E-state index is -4.01. The summed E-state index contributed by atoms with van der Waals surface area (Å²) in [6, 6.07) is 8.10. The van der Waals surface area contributed by atoms with Crippen LogP contribution in [0.3, 0.4) is 0 Å². The molecule has 0 saturated heterocycles. The highest BCUT2D eigenvalue weighted by Crippen LogP contribution is 2.44. The molecular weight excluding hydrogens is 344 g/mol. The van der Waals surface area contributed by atoms with Crippen molar-refractivity contribution >= 4 is 22.5 Å². The molecule has 1 atom stereocenters. The van der Waals surface area contributed by atoms with Gasteiger partial charge in [0.15, 0.2) is 5.75 Å². The van der Waals surface area contributed by atoms with Gasteiger partial charge in [-0.05, 0) is 25.1 Å². The Morgan fingerprint density at radius 2 is 2.19 bits per heavy atom. The summed E-state index contributed by atoms with van der Waals surface area (Å²) in [7, 11) is 0. The molecule has 1 aromatic carbocycles. The first kappa shape index (κ1) is 16.5. The van der Waals surface area contributed by atoms with Gasteiger partial charge in [0.1, 0.15) is 0 Å². The molecule has 0 fully saturated rings. The van der Waals surface area contributed by atoms with Crippen molar-refractivity contribution in [1.82, 2.24) is 9.97 Å². The molecule has 6 nitrogen and oxygen atoms in total. The third kappa shape index (κ3) is 2.59. The largest absolute Gasteiger partial charge is 0.483 e. The highest BCUT2D eigenvalue weighted by molar-refractivity contribution is 6.01. The summed E-state index contributed by atoms with van der Waals surface area (Å²) >= 11 is 0. The minimum absolute atomic E-state index is 0.0945. The predicted molar refractivity (Wildman–Crippen MR) is 89.9 cm³/mol. The van der Waals surface area contributed by atoms with Crippen LogP contribution in [0, 0.1) is 0 Å². The number of aliphatic hydroxyl groups excluding tert-OH is 1. The molecule has 0 saturated carbocycles. The van der Waals surface area contributed by atoms with Crippen LogP contribution in [0.5, 0.6) is 5.75 Å². The number of fused-ring (bicyclic) bond motifs is 2. The van der Waals surface area contributed by atoms with Crippen molar-refractivity contribution < 1.29 is 23.4 Å². The van der Waals surface area contributed by atoms with E-state index in [1.54, 1.807) is 30.6 Å². The summed E-state index contributed by atoms with van der Waals surface area (Å²) < 4.78 is 33.0. The summed E-state index contributed by atoms with van der Waals surface area (Å²) in [6.45, 7) is 1.35. The van der Waals surface area contributed by atoms with Crippen LogP contribution >= 0.6 is 0 Å². The first-order valence-corrected chi connectivity index (χ1v) is 7.98. The number of anilines is 1. The number of hydrogen-bond acceptors (Lipinski definition) is 4. The van der Waals surface area contributed by atoms with Crippen molar-refractivity contribution in [3.8, 4) is 5.75 Å². The summed E-state index contributed by atoms with van der Waals surface area (Å²) in [4.78, 5) is 20.3. The number of aliphatic hydroxyl groups is 1. The number of rotatable bonds is 3. The van der Waals surface area contributed by atoms with Crippen molar-refractivity contribution in [2.45, 2.75) is 25.7 Å². The maximum atomic E-state index is 14.2. The minimum Gasteiger partial charge on any atom is -0.423 e. The van der Waals surface area contributed by atoms with Crippen molar-refractivity contribution in [3.05, 3.63) is 54.0 Å². The van der Waals surface area contributed by atoms with Crippen LogP contribution in [0.2, 0.25) is 0 Å². The van der Waals surface area contributed by atoms with Crippen LogP contribution < -0.4 is 9.64 Å². The second-order valence-electron chi connectivity index (χ2n) is 6.14. The zero-order valence-corrected chi connectivity index (χ0v) is 13.7. The average molecular weight is 359 g/mol. The number of ether oxygens (including phenoxy) is 1. The van der Waals surface area contributed by atoms with Crippen LogP contribution in [0.1, 0.15) is 24.3 Å². The van der Waals surface area contributed by atoms with E-state index in [1.807, 2.05) is 0 Å². The molecule has 0 bridgehead atoms. The van der Waals surface area contributed by atoms with E-state index in [9.17, 15) is 18.7 Å². The Hall–Kier alpha value is -3.00. The predicted octanol–water partition coefficient (Wildman–Crippen LogP) is 3.13. The number of para-hydroxylation sites is 1. The van der Waals surface area contributed by atoms with E-state index in [0.717, 1.165) is 15.8 Å². The fourth-order valence-corrected chi connectivity index (χ4v) is 3.08. The monoisotopic (exact) mass is 359 g/mol. The molecule has 2 N–H and O–H groups in total. The Morgan fingerprint density at radius 3 is 2.92 bits per heavy atom. The lowest BCUT2D eigenvalue weighted by Gasteiger charge is -2.34. The van der Waals surface area contributed by atoms with Gasteiger partial charge in [0.25, 0.3) is 0 Å². The van der Waals surface area contributed by atoms with Gasteiger partial charge >= 0.3 is 12.0 Å². The van der Waals surface area contributed by atoms with Crippen LogP contribution in [0.15, 0.2) is 42.7 Å². The number of benzene rings is 1. The lowest BCUT2D eigenvalue weighted by atomic mass is 10.1. The molecule has 0 spiro atoms. The number of carbonyl (C=O) groups is 1. The first-order valence-electron chi connectivity index (χ1n) is 7.98. The van der Waals surface area contributed by atoms with Crippen LogP contribution in [0.4, 0.5) is 14.5 Å². The maximum Gasteiger partial charge on any atom is 0.483 e. The highest BCUT2D eigenvalue weighted by atomic mass is 19.3. The number of carbonyl (C=O) groups excluding carboxylic acids is 1. The number of H-pyrrole nitrogens is 1. The Balaban J connectivity index is 1.80. The van der Waals surface area contributed by atoms with Gasteiger partial charge < -0.3 is 14.8 Å². The molecule has 1 aliphatic rings.